The largest absolute Gasteiger partial charge is 0.463 e. The average molecular weight is 382 g/mol. The summed E-state index contributed by atoms with van der Waals surface area (Å²) < 4.78 is 17.5. The lowest BCUT2D eigenvalue weighted by atomic mass is 9.76. The van der Waals surface area contributed by atoms with Gasteiger partial charge in [0.25, 0.3) is 0 Å². The van der Waals surface area contributed by atoms with Crippen molar-refractivity contribution in [3.8, 4) is 0 Å². The fourth-order valence-electron chi connectivity index (χ4n) is 3.93. The molecule has 124 valence electrons. The number of benzene rings is 1. The molecule has 3 nitrogen and oxygen atoms in total. The number of rotatable bonds is 5. The summed E-state index contributed by atoms with van der Waals surface area (Å²) in [5, 5.41) is 3.52. The fraction of sp³-hybridized carbons (Fsp3) is 0.500. The molecule has 4 atom stereocenters. The molecular formula is C18H21BrFNO2. The summed E-state index contributed by atoms with van der Waals surface area (Å²) >= 11 is 3.30. The maximum absolute atomic E-state index is 12.5. The molecule has 3 rings (SSSR count). The first-order valence-corrected chi connectivity index (χ1v) is 9.00. The zero-order chi connectivity index (χ0) is 16.2. The highest BCUT2D eigenvalue weighted by atomic mass is 79.9. The number of alkyl halides is 1. The number of hydrogen-bond acceptors (Lipinski definition) is 3. The Hall–Kier alpha value is -1.20. The first-order valence-electron chi connectivity index (χ1n) is 8.08. The van der Waals surface area contributed by atoms with Crippen LogP contribution in [0.3, 0.4) is 0 Å². The smallest absolute Gasteiger partial charge is 0.311 e. The molecule has 2 heterocycles. The predicted octanol–water partition coefficient (Wildman–Crippen LogP) is 3.79. The number of esters is 1. The van der Waals surface area contributed by atoms with Crippen molar-refractivity contribution in [2.75, 3.05) is 13.3 Å². The lowest BCUT2D eigenvalue weighted by Gasteiger charge is -2.36. The fourth-order valence-corrected chi connectivity index (χ4v) is 4.23. The number of carbonyl (C=O) groups is 1. The Morgan fingerprint density at radius 3 is 3.09 bits per heavy atom. The molecule has 2 bridgehead atoms. The van der Waals surface area contributed by atoms with E-state index in [-0.39, 0.29) is 30.5 Å². The minimum atomic E-state index is -0.630. The van der Waals surface area contributed by atoms with Gasteiger partial charge in [0.2, 0.25) is 0 Å². The van der Waals surface area contributed by atoms with Gasteiger partial charge in [-0.2, -0.15) is 0 Å². The molecule has 0 spiro atoms. The highest BCUT2D eigenvalue weighted by Gasteiger charge is 2.46. The van der Waals surface area contributed by atoms with Crippen LogP contribution in [0.25, 0.3) is 6.08 Å². The van der Waals surface area contributed by atoms with Gasteiger partial charge in [-0.15, -0.1) is 0 Å². The minimum Gasteiger partial charge on any atom is -0.463 e. The van der Waals surface area contributed by atoms with Gasteiger partial charge in [-0.05, 0) is 41.5 Å². The number of carbonyl (C=O) groups excluding carboxylic acids is 1. The summed E-state index contributed by atoms with van der Waals surface area (Å²) in [6.07, 6.45) is 4.98. The van der Waals surface area contributed by atoms with Gasteiger partial charge in [0.05, 0.1) is 5.92 Å². The molecule has 1 N–H and O–H groups in total. The van der Waals surface area contributed by atoms with Gasteiger partial charge in [-0.1, -0.05) is 40.2 Å². The quantitative estimate of drug-likeness (QED) is 0.788. The number of ether oxygens (including phenoxy) is 1. The van der Waals surface area contributed by atoms with Crippen LogP contribution in [0, 0.1) is 5.92 Å². The summed E-state index contributed by atoms with van der Waals surface area (Å²) in [5.74, 6) is -0.375. The van der Waals surface area contributed by atoms with Crippen molar-refractivity contribution in [3.05, 3.63) is 40.4 Å². The molecular weight excluding hydrogens is 361 g/mol. The second kappa shape index (κ2) is 7.58. The molecule has 2 saturated heterocycles. The SMILES string of the molecule is O=C(OCCF)[C@H]1[C@@H](c2cccc(/C=C/Br)c2)C[C@@H]2CC[C@H]1N2. The van der Waals surface area contributed by atoms with E-state index in [4.69, 9.17) is 4.74 Å². The van der Waals surface area contributed by atoms with Crippen molar-refractivity contribution < 1.29 is 13.9 Å². The van der Waals surface area contributed by atoms with Crippen LogP contribution in [0.15, 0.2) is 29.3 Å². The molecule has 0 saturated carbocycles. The Bertz CT molecular complexity index is 592. The lowest BCUT2D eigenvalue weighted by Crippen LogP contribution is -2.48. The number of halogens is 2. The topological polar surface area (TPSA) is 38.3 Å². The molecule has 0 aromatic heterocycles. The predicted molar refractivity (Wildman–Crippen MR) is 92.1 cm³/mol. The molecule has 0 amide bonds. The molecule has 0 radical (unpaired) electrons. The lowest BCUT2D eigenvalue weighted by molar-refractivity contribution is -0.151. The monoisotopic (exact) mass is 381 g/mol. The van der Waals surface area contributed by atoms with Gasteiger partial charge >= 0.3 is 5.97 Å². The minimum absolute atomic E-state index is 0.129. The zero-order valence-electron chi connectivity index (χ0n) is 12.9. The molecule has 1 aromatic rings. The highest BCUT2D eigenvalue weighted by Crippen LogP contribution is 2.42. The first kappa shape index (κ1) is 16.7. The number of nitrogens with one attached hydrogen (secondary N) is 1. The molecule has 0 aliphatic carbocycles. The van der Waals surface area contributed by atoms with E-state index in [2.05, 4.69) is 33.4 Å². The highest BCUT2D eigenvalue weighted by molar-refractivity contribution is 9.11. The van der Waals surface area contributed by atoms with Crippen LogP contribution in [0.2, 0.25) is 0 Å². The Balaban J connectivity index is 1.87. The number of piperidine rings is 1. The van der Waals surface area contributed by atoms with E-state index < -0.39 is 6.67 Å². The third-order valence-electron chi connectivity index (χ3n) is 4.87. The Labute approximate surface area is 144 Å². The molecule has 5 heteroatoms. The van der Waals surface area contributed by atoms with Gasteiger partial charge < -0.3 is 10.1 Å². The Morgan fingerprint density at radius 2 is 2.30 bits per heavy atom. The van der Waals surface area contributed by atoms with Crippen LogP contribution in [-0.2, 0) is 9.53 Å². The van der Waals surface area contributed by atoms with Crippen LogP contribution < -0.4 is 5.32 Å². The van der Waals surface area contributed by atoms with Gasteiger partial charge in [-0.3, -0.25) is 4.79 Å². The summed E-state index contributed by atoms with van der Waals surface area (Å²) in [7, 11) is 0. The van der Waals surface area contributed by atoms with Gasteiger partial charge in [0, 0.05) is 18.0 Å². The van der Waals surface area contributed by atoms with Crippen molar-refractivity contribution in [2.45, 2.75) is 37.3 Å². The van der Waals surface area contributed by atoms with E-state index in [1.807, 2.05) is 23.2 Å². The molecule has 0 unspecified atom stereocenters. The molecule has 2 fully saturated rings. The van der Waals surface area contributed by atoms with Crippen LogP contribution in [0.4, 0.5) is 4.39 Å². The first-order chi connectivity index (χ1) is 11.2. The summed E-state index contributed by atoms with van der Waals surface area (Å²) in [4.78, 5) is 14.3. The molecule has 2 aliphatic rings. The number of fused-ring (bicyclic) bond motifs is 2. The van der Waals surface area contributed by atoms with Crippen LogP contribution >= 0.6 is 15.9 Å². The standard InChI is InChI=1S/C18H21BrFNO2/c19-7-6-12-2-1-3-13(10-12)15-11-14-4-5-16(21-14)17(15)18(22)23-9-8-20/h1-3,6-7,10,14-17,21H,4-5,8-9,11H2/b7-6+/t14-,15+,16+,17-/m0/s1. The van der Waals surface area contributed by atoms with E-state index >= 15 is 0 Å². The Morgan fingerprint density at radius 1 is 1.43 bits per heavy atom. The van der Waals surface area contributed by atoms with E-state index in [1.165, 1.54) is 0 Å². The molecule has 23 heavy (non-hydrogen) atoms. The van der Waals surface area contributed by atoms with Crippen LogP contribution in [0.1, 0.15) is 36.3 Å². The van der Waals surface area contributed by atoms with E-state index in [1.54, 1.807) is 0 Å². The second-order valence-corrected chi connectivity index (χ2v) is 6.76. The van der Waals surface area contributed by atoms with Gasteiger partial charge in [0.1, 0.15) is 13.3 Å². The third kappa shape index (κ3) is 3.66. The maximum atomic E-state index is 12.5. The van der Waals surface area contributed by atoms with E-state index in [9.17, 15) is 9.18 Å². The second-order valence-electron chi connectivity index (χ2n) is 6.23. The van der Waals surface area contributed by atoms with Gasteiger partial charge in [-0.25, -0.2) is 4.39 Å². The summed E-state index contributed by atoms with van der Waals surface area (Å²) in [6, 6.07) is 8.87. The Kier molecular flexibility index (Phi) is 5.49. The average Bonchev–Trinajstić information content (AvgIpc) is 2.94. The molecule has 1 aromatic carbocycles. The zero-order valence-corrected chi connectivity index (χ0v) is 14.5. The third-order valence-corrected chi connectivity index (χ3v) is 5.13. The summed E-state index contributed by atoms with van der Waals surface area (Å²) in [6.45, 7) is -0.778. The van der Waals surface area contributed by atoms with Crippen LogP contribution in [0.5, 0.6) is 0 Å². The number of hydrogen-bond donors (Lipinski definition) is 1. The van der Waals surface area contributed by atoms with Crippen molar-refractivity contribution in [3.63, 3.8) is 0 Å². The van der Waals surface area contributed by atoms with Crippen molar-refractivity contribution in [1.82, 2.24) is 5.32 Å². The normalized spacial score (nSPS) is 29.8. The van der Waals surface area contributed by atoms with Crippen molar-refractivity contribution >= 4 is 28.0 Å². The van der Waals surface area contributed by atoms with Gasteiger partial charge in [0.15, 0.2) is 0 Å². The van der Waals surface area contributed by atoms with Crippen molar-refractivity contribution in [2.24, 2.45) is 5.92 Å². The van der Waals surface area contributed by atoms with Crippen molar-refractivity contribution in [1.29, 1.82) is 0 Å². The summed E-state index contributed by atoms with van der Waals surface area (Å²) in [5.41, 5.74) is 2.26. The molecule has 2 aliphatic heterocycles. The van der Waals surface area contributed by atoms with Crippen LogP contribution in [-0.4, -0.2) is 31.3 Å². The van der Waals surface area contributed by atoms with E-state index in [0.29, 0.717) is 6.04 Å². The maximum Gasteiger partial charge on any atom is 0.311 e. The van der Waals surface area contributed by atoms with E-state index in [0.717, 1.165) is 30.4 Å².